The van der Waals surface area contributed by atoms with Crippen molar-refractivity contribution < 1.29 is 22.4 Å². The van der Waals surface area contributed by atoms with E-state index in [4.69, 9.17) is 23.2 Å². The molecular formula is C28H30Cl2FN3O4S. The Morgan fingerprint density at radius 2 is 1.59 bits per heavy atom. The van der Waals surface area contributed by atoms with Crippen molar-refractivity contribution in [3.63, 3.8) is 0 Å². The van der Waals surface area contributed by atoms with Crippen LogP contribution in [0, 0.1) is 5.82 Å². The fourth-order valence-electron chi connectivity index (χ4n) is 4.02. The highest BCUT2D eigenvalue weighted by atomic mass is 35.5. The lowest BCUT2D eigenvalue weighted by Gasteiger charge is -2.33. The third-order valence-electron chi connectivity index (χ3n) is 5.88. The van der Waals surface area contributed by atoms with Gasteiger partial charge in [-0.05, 0) is 62.2 Å². The molecule has 0 bridgehead atoms. The number of halogens is 3. The molecule has 3 rings (SSSR count). The van der Waals surface area contributed by atoms with Gasteiger partial charge >= 0.3 is 0 Å². The predicted octanol–water partition coefficient (Wildman–Crippen LogP) is 5.66. The fourth-order valence-corrected chi connectivity index (χ4v) is 5.79. The van der Waals surface area contributed by atoms with E-state index in [1.165, 1.54) is 47.4 Å². The second-order valence-corrected chi connectivity index (χ2v) is 11.8. The van der Waals surface area contributed by atoms with Crippen LogP contribution in [0.3, 0.4) is 0 Å². The summed E-state index contributed by atoms with van der Waals surface area (Å²) in [5.74, 6) is -1.91. The highest BCUT2D eigenvalue weighted by Gasteiger charge is 2.34. The molecule has 7 nitrogen and oxygen atoms in total. The number of hydrogen-bond donors (Lipinski definition) is 1. The molecule has 1 atom stereocenters. The lowest BCUT2D eigenvalue weighted by Crippen LogP contribution is -2.53. The van der Waals surface area contributed by atoms with E-state index in [1.54, 1.807) is 45.0 Å². The molecule has 0 aliphatic carbocycles. The molecule has 11 heteroatoms. The zero-order valence-corrected chi connectivity index (χ0v) is 24.1. The van der Waals surface area contributed by atoms with E-state index in [0.717, 1.165) is 10.4 Å². The van der Waals surface area contributed by atoms with Gasteiger partial charge in [0.25, 0.3) is 10.0 Å². The van der Waals surface area contributed by atoms with Crippen LogP contribution >= 0.6 is 23.2 Å². The third-order valence-corrected chi connectivity index (χ3v) is 8.40. The molecule has 0 radical (unpaired) electrons. The van der Waals surface area contributed by atoms with E-state index >= 15 is 0 Å². The average molecular weight is 595 g/mol. The van der Waals surface area contributed by atoms with Gasteiger partial charge in [-0.3, -0.25) is 13.9 Å². The topological polar surface area (TPSA) is 86.8 Å². The summed E-state index contributed by atoms with van der Waals surface area (Å²) in [4.78, 5) is 28.2. The van der Waals surface area contributed by atoms with Crippen molar-refractivity contribution in [2.24, 2.45) is 0 Å². The van der Waals surface area contributed by atoms with E-state index in [-0.39, 0.29) is 34.6 Å². The van der Waals surface area contributed by atoms with Gasteiger partial charge in [-0.2, -0.15) is 0 Å². The molecule has 39 heavy (non-hydrogen) atoms. The summed E-state index contributed by atoms with van der Waals surface area (Å²) >= 11 is 12.2. The number of benzene rings is 3. The summed E-state index contributed by atoms with van der Waals surface area (Å²) in [5, 5.41) is 3.40. The number of carbonyl (C=O) groups is 2. The van der Waals surface area contributed by atoms with E-state index in [1.807, 2.05) is 0 Å². The maximum Gasteiger partial charge on any atom is 0.264 e. The summed E-state index contributed by atoms with van der Waals surface area (Å²) in [6, 6.07) is 16.4. The van der Waals surface area contributed by atoms with E-state index in [2.05, 4.69) is 5.32 Å². The summed E-state index contributed by atoms with van der Waals surface area (Å²) in [6.07, 6.45) is 0.247. The van der Waals surface area contributed by atoms with E-state index < -0.39 is 40.2 Å². The lowest BCUT2D eigenvalue weighted by molar-refractivity contribution is -0.140. The number of amides is 2. The molecule has 0 saturated heterocycles. The quantitative estimate of drug-likeness (QED) is 0.311. The van der Waals surface area contributed by atoms with Gasteiger partial charge in [0.05, 0.1) is 20.6 Å². The first-order valence-electron chi connectivity index (χ1n) is 12.3. The van der Waals surface area contributed by atoms with E-state index in [0.29, 0.717) is 10.6 Å². The number of nitrogens with one attached hydrogen (secondary N) is 1. The van der Waals surface area contributed by atoms with Crippen LogP contribution in [0.1, 0.15) is 32.8 Å². The first-order chi connectivity index (χ1) is 18.4. The highest BCUT2D eigenvalue weighted by molar-refractivity contribution is 7.92. The number of carbonyl (C=O) groups excluding carboxylic acids is 2. The Hall–Kier alpha value is -3.14. The molecule has 0 unspecified atom stereocenters. The highest BCUT2D eigenvalue weighted by Crippen LogP contribution is 2.28. The monoisotopic (exact) mass is 593 g/mol. The smallest absolute Gasteiger partial charge is 0.264 e. The van der Waals surface area contributed by atoms with Crippen LogP contribution in [0.15, 0.2) is 77.7 Å². The Morgan fingerprint density at radius 1 is 0.949 bits per heavy atom. The number of nitrogens with zero attached hydrogens (tertiary/aromatic N) is 2. The van der Waals surface area contributed by atoms with Crippen molar-refractivity contribution in [2.75, 3.05) is 10.8 Å². The van der Waals surface area contributed by atoms with E-state index in [9.17, 15) is 22.4 Å². The van der Waals surface area contributed by atoms with Gasteiger partial charge in [0.15, 0.2) is 0 Å². The minimum atomic E-state index is -4.36. The van der Waals surface area contributed by atoms with Crippen molar-refractivity contribution in [1.82, 2.24) is 10.2 Å². The Kier molecular flexibility index (Phi) is 10.4. The number of para-hydroxylation sites is 1. The molecule has 0 aliphatic heterocycles. The molecule has 1 N–H and O–H groups in total. The summed E-state index contributed by atoms with van der Waals surface area (Å²) in [7, 11) is -4.36. The summed E-state index contributed by atoms with van der Waals surface area (Å²) < 4.78 is 43.0. The van der Waals surface area contributed by atoms with Crippen LogP contribution in [0.5, 0.6) is 0 Å². The molecule has 0 aliphatic rings. The van der Waals surface area contributed by atoms with Crippen LogP contribution in [-0.2, 0) is 26.2 Å². The maximum atomic E-state index is 14.9. The first kappa shape index (κ1) is 30.4. The van der Waals surface area contributed by atoms with Gasteiger partial charge in [-0.25, -0.2) is 12.8 Å². The van der Waals surface area contributed by atoms with Crippen LogP contribution in [0.2, 0.25) is 10.0 Å². The Bertz CT molecular complexity index is 1420. The molecule has 3 aromatic rings. The molecular weight excluding hydrogens is 564 g/mol. The van der Waals surface area contributed by atoms with Crippen molar-refractivity contribution >= 4 is 50.7 Å². The van der Waals surface area contributed by atoms with Crippen LogP contribution in [-0.4, -0.2) is 43.8 Å². The van der Waals surface area contributed by atoms with Crippen molar-refractivity contribution in [1.29, 1.82) is 0 Å². The SMILES string of the molecule is CC[C@H](C(=O)NC(C)C)N(Cc1ccc(Cl)c(Cl)c1)C(=O)CN(c1ccccc1F)S(=O)(=O)c1ccccc1. The largest absolute Gasteiger partial charge is 0.352 e. The third kappa shape index (κ3) is 7.50. The number of rotatable bonds is 11. The minimum absolute atomic E-state index is 0.0593. The Morgan fingerprint density at radius 3 is 2.18 bits per heavy atom. The maximum absolute atomic E-state index is 14.9. The van der Waals surface area contributed by atoms with Gasteiger partial charge < -0.3 is 10.2 Å². The van der Waals surface area contributed by atoms with Gasteiger partial charge in [0, 0.05) is 12.6 Å². The number of sulfonamides is 1. The fraction of sp³-hybridized carbons (Fsp3) is 0.286. The van der Waals surface area contributed by atoms with Crippen LogP contribution in [0.4, 0.5) is 10.1 Å². The number of hydrogen-bond acceptors (Lipinski definition) is 4. The van der Waals surface area contributed by atoms with Crippen LogP contribution in [0.25, 0.3) is 0 Å². The zero-order chi connectivity index (χ0) is 28.7. The van der Waals surface area contributed by atoms with Gasteiger partial charge in [0.1, 0.15) is 18.4 Å². The second kappa shape index (κ2) is 13.3. The number of anilines is 1. The molecule has 0 heterocycles. The first-order valence-corrected chi connectivity index (χ1v) is 14.5. The van der Waals surface area contributed by atoms with Gasteiger partial charge in [-0.1, -0.05) is 66.5 Å². The summed E-state index contributed by atoms with van der Waals surface area (Å²) in [5.41, 5.74) is 0.292. The Labute approximate surface area is 238 Å². The molecule has 0 aromatic heterocycles. The van der Waals surface area contributed by atoms with Crippen LogP contribution < -0.4 is 9.62 Å². The predicted molar refractivity (Wildman–Crippen MR) is 152 cm³/mol. The molecule has 0 fully saturated rings. The molecule has 0 saturated carbocycles. The van der Waals surface area contributed by atoms with Gasteiger partial charge in [0.2, 0.25) is 11.8 Å². The normalized spacial score (nSPS) is 12.2. The average Bonchev–Trinajstić information content (AvgIpc) is 2.89. The lowest BCUT2D eigenvalue weighted by atomic mass is 10.1. The molecule has 0 spiro atoms. The minimum Gasteiger partial charge on any atom is -0.352 e. The van der Waals surface area contributed by atoms with Crippen molar-refractivity contribution in [3.05, 3.63) is 94.2 Å². The molecule has 208 valence electrons. The standard InChI is InChI=1S/C28H30Cl2FN3O4S/c1-4-25(28(36)32-19(2)3)33(17-20-14-15-22(29)23(30)16-20)27(35)18-34(26-13-9-8-12-24(26)31)39(37,38)21-10-6-5-7-11-21/h5-16,19,25H,4,17-18H2,1-3H3,(H,32,36)/t25-/m1/s1. The van der Waals surface area contributed by atoms with Crippen molar-refractivity contribution in [2.45, 2.75) is 50.7 Å². The summed E-state index contributed by atoms with van der Waals surface area (Å²) in [6.45, 7) is 4.53. The van der Waals surface area contributed by atoms with Crippen molar-refractivity contribution in [3.8, 4) is 0 Å². The Balaban J connectivity index is 2.08. The second-order valence-electron chi connectivity index (χ2n) is 9.13. The molecule has 3 aromatic carbocycles. The molecule has 2 amide bonds. The van der Waals surface area contributed by atoms with Gasteiger partial charge in [-0.15, -0.1) is 0 Å². The zero-order valence-electron chi connectivity index (χ0n) is 21.8.